The van der Waals surface area contributed by atoms with Gasteiger partial charge in [0.15, 0.2) is 0 Å². The van der Waals surface area contributed by atoms with E-state index in [1.807, 2.05) is 0 Å². The van der Waals surface area contributed by atoms with Crippen molar-refractivity contribution in [1.29, 1.82) is 0 Å². The molecule has 0 saturated carbocycles. The van der Waals surface area contributed by atoms with Crippen LogP contribution in [0.5, 0.6) is 5.75 Å². The number of methoxy groups -OCH3 is 1. The highest BCUT2D eigenvalue weighted by Gasteiger charge is 2.22. The van der Waals surface area contributed by atoms with Gasteiger partial charge < -0.3 is 23.6 Å². The molecule has 0 fully saturated rings. The molecule has 1 heterocycles. The minimum Gasteiger partial charge on any atom is -0.467 e. The van der Waals surface area contributed by atoms with Crippen molar-refractivity contribution in [2.24, 2.45) is 0 Å². The second kappa shape index (κ2) is 11.2. The van der Waals surface area contributed by atoms with Crippen molar-refractivity contribution in [3.05, 3.63) is 77.2 Å². The Morgan fingerprint density at radius 2 is 1.82 bits per heavy atom. The van der Waals surface area contributed by atoms with E-state index in [-0.39, 0.29) is 42.2 Å². The Morgan fingerprint density at radius 1 is 1.09 bits per heavy atom. The molecule has 11 heteroatoms. The first-order valence-electron chi connectivity index (χ1n) is 10.1. The molecule has 0 saturated heterocycles. The van der Waals surface area contributed by atoms with Crippen LogP contribution in [0.1, 0.15) is 18.2 Å². The SMILES string of the molecule is COCC(=O)N(Cc1ccco1)Cc1cc(Cl)ccc1OS(=O)(=O)c1ccc(NC(C)=O)cc1. The summed E-state index contributed by atoms with van der Waals surface area (Å²) in [7, 11) is -2.81. The van der Waals surface area contributed by atoms with Crippen molar-refractivity contribution in [2.75, 3.05) is 19.0 Å². The molecule has 34 heavy (non-hydrogen) atoms. The summed E-state index contributed by atoms with van der Waals surface area (Å²) in [6.07, 6.45) is 1.49. The van der Waals surface area contributed by atoms with Crippen LogP contribution in [-0.4, -0.2) is 38.8 Å². The second-order valence-corrected chi connectivity index (χ2v) is 9.24. The van der Waals surface area contributed by atoms with Crippen LogP contribution in [0.15, 0.2) is 70.2 Å². The lowest BCUT2D eigenvalue weighted by Gasteiger charge is -2.23. The Balaban J connectivity index is 1.87. The van der Waals surface area contributed by atoms with E-state index in [1.165, 1.54) is 67.7 Å². The number of rotatable bonds is 10. The number of hydrogen-bond acceptors (Lipinski definition) is 7. The largest absolute Gasteiger partial charge is 0.467 e. The summed E-state index contributed by atoms with van der Waals surface area (Å²) >= 11 is 6.14. The van der Waals surface area contributed by atoms with Gasteiger partial charge in [0.25, 0.3) is 0 Å². The lowest BCUT2D eigenvalue weighted by Crippen LogP contribution is -2.33. The predicted octanol–water partition coefficient (Wildman–Crippen LogP) is 3.83. The van der Waals surface area contributed by atoms with Gasteiger partial charge in [-0.15, -0.1) is 0 Å². The van der Waals surface area contributed by atoms with Crippen molar-refractivity contribution < 1.29 is 31.3 Å². The molecule has 0 unspecified atom stereocenters. The molecule has 1 N–H and O–H groups in total. The van der Waals surface area contributed by atoms with Crippen molar-refractivity contribution in [3.63, 3.8) is 0 Å². The van der Waals surface area contributed by atoms with Gasteiger partial charge in [-0.05, 0) is 54.6 Å². The van der Waals surface area contributed by atoms with Crippen LogP contribution < -0.4 is 9.50 Å². The van der Waals surface area contributed by atoms with Gasteiger partial charge in [-0.1, -0.05) is 11.6 Å². The summed E-state index contributed by atoms with van der Waals surface area (Å²) in [5.41, 5.74) is 0.825. The molecule has 9 nitrogen and oxygen atoms in total. The zero-order valence-corrected chi connectivity index (χ0v) is 20.1. The van der Waals surface area contributed by atoms with Crippen LogP contribution in [0.4, 0.5) is 5.69 Å². The smallest absolute Gasteiger partial charge is 0.339 e. The molecular formula is C23H23ClN2O7S. The van der Waals surface area contributed by atoms with Crippen LogP contribution >= 0.6 is 11.6 Å². The van der Waals surface area contributed by atoms with E-state index in [4.69, 9.17) is 24.9 Å². The van der Waals surface area contributed by atoms with Gasteiger partial charge in [0.1, 0.15) is 23.0 Å². The molecule has 2 aromatic carbocycles. The number of nitrogens with zero attached hydrogens (tertiary/aromatic N) is 1. The minimum atomic E-state index is -4.21. The number of halogens is 1. The monoisotopic (exact) mass is 506 g/mol. The third-order valence-corrected chi connectivity index (χ3v) is 6.08. The zero-order chi connectivity index (χ0) is 24.7. The quantitative estimate of drug-likeness (QED) is 0.415. The van der Waals surface area contributed by atoms with Gasteiger partial charge in [-0.3, -0.25) is 9.59 Å². The number of hydrogen-bond donors (Lipinski definition) is 1. The second-order valence-electron chi connectivity index (χ2n) is 7.26. The topological polar surface area (TPSA) is 115 Å². The number of amides is 2. The standard InChI is InChI=1S/C23H23ClN2O7S/c1-16(27)25-19-6-8-21(9-7-19)34(29,30)33-22-10-5-18(24)12-17(22)13-26(23(28)15-31-2)14-20-4-3-11-32-20/h3-12H,13-15H2,1-2H3,(H,25,27). The molecule has 0 aliphatic heterocycles. The van der Waals surface area contributed by atoms with Gasteiger partial charge in [-0.2, -0.15) is 8.42 Å². The van der Waals surface area contributed by atoms with Gasteiger partial charge in [0, 0.05) is 36.9 Å². The lowest BCUT2D eigenvalue weighted by atomic mass is 10.2. The lowest BCUT2D eigenvalue weighted by molar-refractivity contribution is -0.136. The van der Waals surface area contributed by atoms with Crippen LogP contribution in [0.3, 0.4) is 0 Å². The molecule has 3 rings (SSSR count). The first-order chi connectivity index (χ1) is 16.2. The summed E-state index contributed by atoms with van der Waals surface area (Å²) in [4.78, 5) is 25.1. The highest BCUT2D eigenvalue weighted by atomic mass is 35.5. The number of furan rings is 1. The van der Waals surface area contributed by atoms with Crippen LogP contribution in [0.2, 0.25) is 5.02 Å². The van der Waals surface area contributed by atoms with Gasteiger partial charge in [0.05, 0.1) is 12.8 Å². The maximum absolute atomic E-state index is 12.9. The van der Waals surface area contributed by atoms with Crippen LogP contribution in [0, 0.1) is 0 Å². The average molecular weight is 507 g/mol. The summed E-state index contributed by atoms with van der Waals surface area (Å²) < 4.78 is 41.5. The Kier molecular flexibility index (Phi) is 8.32. The van der Waals surface area contributed by atoms with Crippen molar-refractivity contribution in [1.82, 2.24) is 4.90 Å². The Bertz CT molecular complexity index is 1240. The number of carbonyl (C=O) groups excluding carboxylic acids is 2. The number of anilines is 1. The Labute approximate surface area is 202 Å². The van der Waals surface area contributed by atoms with Gasteiger partial charge in [0.2, 0.25) is 11.8 Å². The maximum Gasteiger partial charge on any atom is 0.339 e. The van der Waals surface area contributed by atoms with Crippen LogP contribution in [0.25, 0.3) is 0 Å². The van der Waals surface area contributed by atoms with E-state index in [1.54, 1.807) is 12.1 Å². The zero-order valence-electron chi connectivity index (χ0n) is 18.5. The normalized spacial score (nSPS) is 11.1. The van der Waals surface area contributed by atoms with Crippen LogP contribution in [-0.2, 0) is 37.5 Å². The first kappa shape index (κ1) is 25.3. The summed E-state index contributed by atoms with van der Waals surface area (Å²) in [6, 6.07) is 13.4. The molecule has 1 aromatic heterocycles. The number of carbonyl (C=O) groups is 2. The molecule has 180 valence electrons. The van der Waals surface area contributed by atoms with E-state index in [9.17, 15) is 18.0 Å². The fourth-order valence-electron chi connectivity index (χ4n) is 3.07. The molecule has 0 bridgehead atoms. The van der Waals surface area contributed by atoms with E-state index in [0.717, 1.165) is 0 Å². The number of benzene rings is 2. The Morgan fingerprint density at radius 3 is 2.44 bits per heavy atom. The molecule has 0 atom stereocenters. The van der Waals surface area contributed by atoms with Gasteiger partial charge in [-0.25, -0.2) is 0 Å². The van der Waals surface area contributed by atoms with E-state index in [0.29, 0.717) is 22.0 Å². The molecule has 0 aliphatic carbocycles. The number of ether oxygens (including phenoxy) is 1. The van der Waals surface area contributed by atoms with Gasteiger partial charge >= 0.3 is 10.1 Å². The molecule has 2 amide bonds. The summed E-state index contributed by atoms with van der Waals surface area (Å²) in [6.45, 7) is 1.31. The average Bonchev–Trinajstić information content (AvgIpc) is 3.28. The predicted molar refractivity (Wildman–Crippen MR) is 125 cm³/mol. The van der Waals surface area contributed by atoms with Crippen molar-refractivity contribution in [3.8, 4) is 5.75 Å². The maximum atomic E-state index is 12.9. The fourth-order valence-corrected chi connectivity index (χ4v) is 4.23. The third-order valence-electron chi connectivity index (χ3n) is 4.59. The highest BCUT2D eigenvalue weighted by molar-refractivity contribution is 7.87. The fraction of sp³-hybridized carbons (Fsp3) is 0.217. The van der Waals surface area contributed by atoms with E-state index in [2.05, 4.69) is 5.32 Å². The third kappa shape index (κ3) is 6.83. The van der Waals surface area contributed by atoms with Crippen molar-refractivity contribution >= 4 is 39.2 Å². The van der Waals surface area contributed by atoms with E-state index >= 15 is 0 Å². The number of nitrogens with one attached hydrogen (secondary N) is 1. The summed E-state index contributed by atoms with van der Waals surface area (Å²) in [5, 5.41) is 2.91. The minimum absolute atomic E-state index is 0.00419. The van der Waals surface area contributed by atoms with Crippen molar-refractivity contribution in [2.45, 2.75) is 24.9 Å². The summed E-state index contributed by atoms with van der Waals surface area (Å²) in [5.74, 6) is -0.0492. The first-order valence-corrected chi connectivity index (χ1v) is 11.9. The molecule has 0 aliphatic rings. The highest BCUT2D eigenvalue weighted by Crippen LogP contribution is 2.28. The molecule has 0 radical (unpaired) electrons. The molecular weight excluding hydrogens is 484 g/mol. The molecule has 3 aromatic rings. The van der Waals surface area contributed by atoms with E-state index < -0.39 is 10.1 Å². The molecule has 0 spiro atoms. The Hall–Kier alpha value is -3.34.